The van der Waals surface area contributed by atoms with E-state index in [1.54, 1.807) is 6.21 Å². The summed E-state index contributed by atoms with van der Waals surface area (Å²) in [5, 5.41) is 4.35. The van der Waals surface area contributed by atoms with Crippen LogP contribution in [0.3, 0.4) is 0 Å². The Hall–Kier alpha value is -2.41. The lowest BCUT2D eigenvalue weighted by Gasteiger charge is -2.03. The fourth-order valence-corrected chi connectivity index (χ4v) is 2.68. The van der Waals surface area contributed by atoms with E-state index in [1.165, 1.54) is 11.3 Å². The molecule has 0 radical (unpaired) electrons. The number of carbonyl (C=O) groups is 1. The van der Waals surface area contributed by atoms with Crippen LogP contribution in [0.4, 0.5) is 5.13 Å². The number of ether oxygens (including phenoxy) is 1. The molecule has 0 atom stereocenters. The zero-order chi connectivity index (χ0) is 16.7. The smallest absolute Gasteiger partial charge is 0.283 e. The lowest BCUT2D eigenvalue weighted by molar-refractivity contribution is 0.0958. The highest BCUT2D eigenvalue weighted by atomic mass is 32.1. The second-order valence-electron chi connectivity index (χ2n) is 4.80. The van der Waals surface area contributed by atoms with Gasteiger partial charge in [0, 0.05) is 0 Å². The number of carbonyl (C=O) groups excluding carboxylic acids is 1. The Morgan fingerprint density at radius 2 is 2.13 bits per heavy atom. The maximum atomic E-state index is 12.1. The largest absolute Gasteiger partial charge is 0.494 e. The van der Waals surface area contributed by atoms with Gasteiger partial charge in [-0.25, -0.2) is 10.4 Å². The number of hydrogen-bond acceptors (Lipinski definition) is 6. The zero-order valence-electron chi connectivity index (χ0n) is 13.2. The highest BCUT2D eigenvalue weighted by Gasteiger charge is 2.15. The van der Waals surface area contributed by atoms with Gasteiger partial charge in [-0.2, -0.15) is 5.10 Å². The molecule has 3 N–H and O–H groups in total. The number of aromatic nitrogens is 1. The molecule has 1 aromatic heterocycles. The van der Waals surface area contributed by atoms with Gasteiger partial charge in [0.15, 0.2) is 5.13 Å². The lowest BCUT2D eigenvalue weighted by Crippen LogP contribution is -2.17. The van der Waals surface area contributed by atoms with Crippen LogP contribution in [0.25, 0.3) is 0 Å². The summed E-state index contributed by atoms with van der Waals surface area (Å²) in [5.74, 6) is 0.524. The topological polar surface area (TPSA) is 89.6 Å². The molecule has 0 aliphatic heterocycles. The molecule has 1 amide bonds. The maximum Gasteiger partial charge on any atom is 0.283 e. The summed E-state index contributed by atoms with van der Waals surface area (Å²) in [7, 11) is 0. The van der Waals surface area contributed by atoms with Crippen LogP contribution in [0.2, 0.25) is 0 Å². The summed E-state index contributed by atoms with van der Waals surface area (Å²) >= 11 is 1.17. The molecule has 0 bridgehead atoms. The van der Waals surface area contributed by atoms with Crippen molar-refractivity contribution in [2.75, 3.05) is 12.3 Å². The number of nitrogen functional groups attached to an aromatic ring is 1. The van der Waals surface area contributed by atoms with Crippen molar-refractivity contribution < 1.29 is 9.53 Å². The molecule has 0 saturated carbocycles. The van der Waals surface area contributed by atoms with E-state index in [2.05, 4.69) is 22.4 Å². The molecular formula is C16H20N4O2S. The molecule has 0 aliphatic rings. The van der Waals surface area contributed by atoms with Crippen molar-refractivity contribution in [2.45, 2.75) is 26.7 Å². The fourth-order valence-electron chi connectivity index (χ4n) is 1.87. The molecule has 6 nitrogen and oxygen atoms in total. The number of rotatable bonds is 7. The number of nitrogens with zero attached hydrogens (tertiary/aromatic N) is 2. The third-order valence-electron chi connectivity index (χ3n) is 2.99. The second-order valence-corrected chi connectivity index (χ2v) is 5.83. The van der Waals surface area contributed by atoms with Gasteiger partial charge in [0.2, 0.25) is 0 Å². The van der Waals surface area contributed by atoms with Crippen molar-refractivity contribution in [1.29, 1.82) is 0 Å². The molecule has 1 heterocycles. The van der Waals surface area contributed by atoms with Crippen LogP contribution in [0.1, 0.15) is 41.2 Å². The Morgan fingerprint density at radius 1 is 1.39 bits per heavy atom. The Kier molecular flexibility index (Phi) is 6.10. The minimum atomic E-state index is -0.296. The number of amides is 1. The molecule has 2 rings (SSSR count). The molecule has 23 heavy (non-hydrogen) atoms. The summed E-state index contributed by atoms with van der Waals surface area (Å²) in [6.07, 6.45) is 3.20. The molecular weight excluding hydrogens is 312 g/mol. The third kappa shape index (κ3) is 4.79. The van der Waals surface area contributed by atoms with Crippen LogP contribution in [0.5, 0.6) is 5.75 Å². The van der Waals surface area contributed by atoms with E-state index >= 15 is 0 Å². The first-order chi connectivity index (χ1) is 11.1. The van der Waals surface area contributed by atoms with Gasteiger partial charge in [-0.05, 0) is 42.7 Å². The average Bonchev–Trinajstić information content (AvgIpc) is 2.95. The monoisotopic (exact) mass is 332 g/mol. The number of aryl methyl sites for hydroxylation is 1. The quantitative estimate of drug-likeness (QED) is 0.602. The van der Waals surface area contributed by atoms with Crippen molar-refractivity contribution in [3.63, 3.8) is 0 Å². The second kappa shape index (κ2) is 8.28. The number of anilines is 1. The Bertz CT molecular complexity index is 680. The standard InChI is InChI=1S/C16H20N4O2S/c1-3-9-22-12-7-5-11(6-8-12)10-18-20-15(21)14-13(4-2)19-16(17)23-14/h5-8,10H,3-4,9H2,1-2H3,(H2,17,19)(H,20,21)/b18-10-. The summed E-state index contributed by atoms with van der Waals surface area (Å²) in [4.78, 5) is 16.7. The van der Waals surface area contributed by atoms with Gasteiger partial charge < -0.3 is 10.5 Å². The van der Waals surface area contributed by atoms with Gasteiger partial charge in [0.1, 0.15) is 10.6 Å². The van der Waals surface area contributed by atoms with Crippen molar-refractivity contribution in [1.82, 2.24) is 10.4 Å². The molecule has 122 valence electrons. The van der Waals surface area contributed by atoms with Crippen LogP contribution < -0.4 is 15.9 Å². The highest BCUT2D eigenvalue weighted by Crippen LogP contribution is 2.20. The van der Waals surface area contributed by atoms with E-state index in [9.17, 15) is 4.79 Å². The molecule has 0 aliphatic carbocycles. The number of benzene rings is 1. The lowest BCUT2D eigenvalue weighted by atomic mass is 10.2. The normalized spacial score (nSPS) is 10.9. The maximum absolute atomic E-state index is 12.1. The number of hydrogen-bond donors (Lipinski definition) is 2. The Morgan fingerprint density at radius 3 is 2.78 bits per heavy atom. The number of hydrazone groups is 1. The number of nitrogens with two attached hydrogens (primary N) is 1. The Balaban J connectivity index is 1.94. The first kappa shape index (κ1) is 17.0. The van der Waals surface area contributed by atoms with E-state index in [4.69, 9.17) is 10.5 Å². The predicted molar refractivity (Wildman–Crippen MR) is 93.2 cm³/mol. The summed E-state index contributed by atoms with van der Waals surface area (Å²) in [6.45, 7) is 4.68. The first-order valence-electron chi connectivity index (χ1n) is 7.45. The van der Waals surface area contributed by atoms with Crippen molar-refractivity contribution in [3.8, 4) is 5.75 Å². The predicted octanol–water partition coefficient (Wildman–Crippen LogP) is 2.84. The minimum absolute atomic E-state index is 0.296. The summed E-state index contributed by atoms with van der Waals surface area (Å²) in [5.41, 5.74) is 9.70. The van der Waals surface area contributed by atoms with E-state index in [0.717, 1.165) is 17.7 Å². The van der Waals surface area contributed by atoms with Crippen LogP contribution >= 0.6 is 11.3 Å². The SMILES string of the molecule is CCCOc1ccc(/C=N\NC(=O)c2sc(N)nc2CC)cc1. The van der Waals surface area contributed by atoms with Gasteiger partial charge in [0.25, 0.3) is 5.91 Å². The molecule has 7 heteroatoms. The van der Waals surface area contributed by atoms with Crippen molar-refractivity contribution in [2.24, 2.45) is 5.10 Å². The van der Waals surface area contributed by atoms with Gasteiger partial charge in [0.05, 0.1) is 18.5 Å². The van der Waals surface area contributed by atoms with Gasteiger partial charge in [-0.15, -0.1) is 0 Å². The number of nitrogens with one attached hydrogen (secondary N) is 1. The van der Waals surface area contributed by atoms with Crippen molar-refractivity contribution >= 4 is 28.6 Å². The molecule has 1 aromatic carbocycles. The van der Waals surface area contributed by atoms with Crippen LogP contribution in [0.15, 0.2) is 29.4 Å². The fraction of sp³-hybridized carbons (Fsp3) is 0.312. The van der Waals surface area contributed by atoms with E-state index in [-0.39, 0.29) is 5.91 Å². The van der Waals surface area contributed by atoms with E-state index in [1.807, 2.05) is 31.2 Å². The Labute approximate surface area is 139 Å². The summed E-state index contributed by atoms with van der Waals surface area (Å²) in [6, 6.07) is 7.50. The van der Waals surface area contributed by atoms with E-state index in [0.29, 0.717) is 28.7 Å². The third-order valence-corrected chi connectivity index (χ3v) is 3.91. The van der Waals surface area contributed by atoms with Crippen LogP contribution in [-0.4, -0.2) is 23.7 Å². The van der Waals surface area contributed by atoms with Gasteiger partial charge in [-0.3, -0.25) is 4.79 Å². The van der Waals surface area contributed by atoms with Crippen LogP contribution in [0, 0.1) is 0 Å². The molecule has 0 fully saturated rings. The summed E-state index contributed by atoms with van der Waals surface area (Å²) < 4.78 is 5.51. The van der Waals surface area contributed by atoms with Gasteiger partial charge in [-0.1, -0.05) is 25.2 Å². The number of thiazole rings is 1. The van der Waals surface area contributed by atoms with Gasteiger partial charge >= 0.3 is 0 Å². The zero-order valence-corrected chi connectivity index (χ0v) is 14.0. The van der Waals surface area contributed by atoms with Crippen molar-refractivity contribution in [3.05, 3.63) is 40.4 Å². The molecule has 0 saturated heterocycles. The first-order valence-corrected chi connectivity index (χ1v) is 8.27. The highest BCUT2D eigenvalue weighted by molar-refractivity contribution is 7.17. The van der Waals surface area contributed by atoms with Crippen LogP contribution in [-0.2, 0) is 6.42 Å². The molecule has 2 aromatic rings. The molecule has 0 spiro atoms. The molecule has 0 unspecified atom stereocenters. The average molecular weight is 332 g/mol. The van der Waals surface area contributed by atoms with E-state index < -0.39 is 0 Å². The minimum Gasteiger partial charge on any atom is -0.494 e.